The largest absolute Gasteiger partial charge is 0.374 e. The van der Waals surface area contributed by atoms with Gasteiger partial charge in [0.05, 0.1) is 11.6 Å². The second kappa shape index (κ2) is 6.15. The van der Waals surface area contributed by atoms with Crippen molar-refractivity contribution in [3.8, 4) is 6.07 Å². The third kappa shape index (κ3) is 2.86. The van der Waals surface area contributed by atoms with E-state index in [9.17, 15) is 5.26 Å². The summed E-state index contributed by atoms with van der Waals surface area (Å²) in [5.74, 6) is 0.707. The Kier molecular flexibility index (Phi) is 4.08. The minimum atomic E-state index is 0.707. The molecule has 1 fully saturated rings. The zero-order valence-electron chi connectivity index (χ0n) is 12.5. The SMILES string of the molecule is CN(CC1CCCNC1)c1ccc(C#N)c2ccccc12. The molecule has 0 amide bonds. The first kappa shape index (κ1) is 13.9. The van der Waals surface area contributed by atoms with E-state index in [1.165, 1.54) is 23.9 Å². The number of nitrogens with zero attached hydrogens (tertiary/aromatic N) is 2. The third-order valence-electron chi connectivity index (χ3n) is 4.36. The van der Waals surface area contributed by atoms with Gasteiger partial charge in [-0.15, -0.1) is 0 Å². The van der Waals surface area contributed by atoms with E-state index in [-0.39, 0.29) is 0 Å². The molecule has 1 unspecified atom stereocenters. The van der Waals surface area contributed by atoms with Gasteiger partial charge in [0.15, 0.2) is 0 Å². The Labute approximate surface area is 126 Å². The van der Waals surface area contributed by atoms with Crippen LogP contribution in [0.2, 0.25) is 0 Å². The number of nitriles is 1. The second-order valence-electron chi connectivity index (χ2n) is 5.88. The first-order valence-electron chi connectivity index (χ1n) is 7.63. The molecule has 108 valence electrons. The molecular weight excluding hydrogens is 258 g/mol. The van der Waals surface area contributed by atoms with E-state index in [0.717, 1.165) is 30.6 Å². The van der Waals surface area contributed by atoms with Crippen molar-refractivity contribution in [3.05, 3.63) is 42.0 Å². The van der Waals surface area contributed by atoms with Gasteiger partial charge in [0, 0.05) is 30.1 Å². The Bertz CT molecular complexity index is 666. The summed E-state index contributed by atoms with van der Waals surface area (Å²) in [6.45, 7) is 3.32. The van der Waals surface area contributed by atoms with Crippen LogP contribution in [-0.2, 0) is 0 Å². The fourth-order valence-corrected chi connectivity index (χ4v) is 3.28. The number of hydrogen-bond acceptors (Lipinski definition) is 3. The molecule has 0 saturated carbocycles. The van der Waals surface area contributed by atoms with Crippen molar-refractivity contribution >= 4 is 16.5 Å². The van der Waals surface area contributed by atoms with Gasteiger partial charge in [-0.05, 0) is 44.0 Å². The van der Waals surface area contributed by atoms with E-state index < -0.39 is 0 Å². The average Bonchev–Trinajstić information content (AvgIpc) is 2.54. The Hall–Kier alpha value is -2.05. The smallest absolute Gasteiger partial charge is 0.0998 e. The molecule has 1 saturated heterocycles. The van der Waals surface area contributed by atoms with Crippen molar-refractivity contribution < 1.29 is 0 Å². The quantitative estimate of drug-likeness (QED) is 0.938. The van der Waals surface area contributed by atoms with Crippen molar-refractivity contribution in [2.45, 2.75) is 12.8 Å². The predicted octanol–water partition coefficient (Wildman–Crippen LogP) is 3.15. The molecule has 0 aromatic heterocycles. The van der Waals surface area contributed by atoms with Crippen LogP contribution in [0.3, 0.4) is 0 Å². The zero-order chi connectivity index (χ0) is 14.7. The summed E-state index contributed by atoms with van der Waals surface area (Å²) in [6, 6.07) is 14.5. The van der Waals surface area contributed by atoms with Gasteiger partial charge in [0.2, 0.25) is 0 Å². The Morgan fingerprint density at radius 1 is 1.24 bits per heavy atom. The van der Waals surface area contributed by atoms with Crippen LogP contribution in [0.15, 0.2) is 36.4 Å². The second-order valence-corrected chi connectivity index (χ2v) is 5.88. The maximum atomic E-state index is 9.25. The first-order valence-corrected chi connectivity index (χ1v) is 7.63. The van der Waals surface area contributed by atoms with E-state index in [2.05, 4.69) is 35.5 Å². The van der Waals surface area contributed by atoms with Gasteiger partial charge in [-0.1, -0.05) is 24.3 Å². The summed E-state index contributed by atoms with van der Waals surface area (Å²) in [5.41, 5.74) is 1.97. The molecule has 1 aliphatic heterocycles. The molecular formula is C18H21N3. The minimum absolute atomic E-state index is 0.707. The summed E-state index contributed by atoms with van der Waals surface area (Å²) < 4.78 is 0. The molecule has 0 radical (unpaired) electrons. The molecule has 2 aromatic carbocycles. The Balaban J connectivity index is 1.91. The van der Waals surface area contributed by atoms with Crippen LogP contribution in [0.5, 0.6) is 0 Å². The van der Waals surface area contributed by atoms with Gasteiger partial charge < -0.3 is 10.2 Å². The first-order chi connectivity index (χ1) is 10.3. The number of rotatable bonds is 3. The monoisotopic (exact) mass is 279 g/mol. The lowest BCUT2D eigenvalue weighted by Gasteiger charge is -2.29. The van der Waals surface area contributed by atoms with Gasteiger partial charge >= 0.3 is 0 Å². The minimum Gasteiger partial charge on any atom is -0.374 e. The van der Waals surface area contributed by atoms with E-state index in [1.807, 2.05) is 24.3 Å². The Morgan fingerprint density at radius 3 is 2.76 bits per heavy atom. The predicted molar refractivity (Wildman–Crippen MR) is 87.5 cm³/mol. The average molecular weight is 279 g/mol. The van der Waals surface area contributed by atoms with Gasteiger partial charge in [0.25, 0.3) is 0 Å². The molecule has 2 aromatic rings. The fourth-order valence-electron chi connectivity index (χ4n) is 3.28. The van der Waals surface area contributed by atoms with Crippen molar-refractivity contribution in [3.63, 3.8) is 0 Å². The van der Waals surface area contributed by atoms with Gasteiger partial charge in [-0.2, -0.15) is 5.26 Å². The molecule has 3 nitrogen and oxygen atoms in total. The molecule has 1 N–H and O–H groups in total. The van der Waals surface area contributed by atoms with Crippen LogP contribution in [0.4, 0.5) is 5.69 Å². The van der Waals surface area contributed by atoms with Crippen LogP contribution >= 0.6 is 0 Å². The van der Waals surface area contributed by atoms with Gasteiger partial charge in [0.1, 0.15) is 0 Å². The highest BCUT2D eigenvalue weighted by Gasteiger charge is 2.16. The fraction of sp³-hybridized carbons (Fsp3) is 0.389. The third-order valence-corrected chi connectivity index (χ3v) is 4.36. The number of nitrogens with one attached hydrogen (secondary N) is 1. The van der Waals surface area contributed by atoms with E-state index in [4.69, 9.17) is 0 Å². The van der Waals surface area contributed by atoms with Crippen molar-refractivity contribution in [2.24, 2.45) is 5.92 Å². The van der Waals surface area contributed by atoms with Crippen LogP contribution in [0.1, 0.15) is 18.4 Å². The molecule has 0 aliphatic carbocycles. The number of fused-ring (bicyclic) bond motifs is 1. The molecule has 1 atom stereocenters. The number of anilines is 1. The molecule has 3 heteroatoms. The number of hydrogen-bond donors (Lipinski definition) is 1. The standard InChI is InChI=1S/C18H21N3/c1-21(13-14-5-4-10-20-12-14)18-9-8-15(11-19)16-6-2-3-7-17(16)18/h2-3,6-9,14,20H,4-5,10,12-13H2,1H3. The summed E-state index contributed by atoms with van der Waals surface area (Å²) in [4.78, 5) is 2.33. The van der Waals surface area contributed by atoms with Crippen LogP contribution in [0.25, 0.3) is 10.8 Å². The normalized spacial score (nSPS) is 18.4. The van der Waals surface area contributed by atoms with Gasteiger partial charge in [-0.25, -0.2) is 0 Å². The molecule has 21 heavy (non-hydrogen) atoms. The van der Waals surface area contributed by atoms with Crippen LogP contribution in [-0.4, -0.2) is 26.7 Å². The maximum absolute atomic E-state index is 9.25. The van der Waals surface area contributed by atoms with Crippen molar-refractivity contribution in [1.29, 1.82) is 5.26 Å². The summed E-state index contributed by atoms with van der Waals surface area (Å²) in [6.07, 6.45) is 2.57. The highest BCUT2D eigenvalue weighted by Crippen LogP contribution is 2.29. The topological polar surface area (TPSA) is 39.1 Å². The highest BCUT2D eigenvalue weighted by atomic mass is 15.1. The lowest BCUT2D eigenvalue weighted by Crippen LogP contribution is -2.36. The molecule has 0 bridgehead atoms. The lowest BCUT2D eigenvalue weighted by molar-refractivity contribution is 0.381. The van der Waals surface area contributed by atoms with Crippen LogP contribution < -0.4 is 10.2 Å². The lowest BCUT2D eigenvalue weighted by atomic mass is 9.98. The van der Waals surface area contributed by atoms with E-state index in [0.29, 0.717) is 5.92 Å². The summed E-state index contributed by atoms with van der Waals surface area (Å²) in [7, 11) is 2.16. The molecule has 1 aliphatic rings. The Morgan fingerprint density at radius 2 is 2.05 bits per heavy atom. The molecule has 0 spiro atoms. The molecule has 3 rings (SSSR count). The summed E-state index contributed by atoms with van der Waals surface area (Å²) >= 11 is 0. The zero-order valence-corrected chi connectivity index (χ0v) is 12.5. The van der Waals surface area contributed by atoms with E-state index in [1.54, 1.807) is 0 Å². The van der Waals surface area contributed by atoms with Crippen LogP contribution in [0, 0.1) is 17.2 Å². The summed E-state index contributed by atoms with van der Waals surface area (Å²) in [5, 5.41) is 14.9. The highest BCUT2D eigenvalue weighted by molar-refractivity contribution is 5.97. The molecule has 1 heterocycles. The van der Waals surface area contributed by atoms with Gasteiger partial charge in [-0.3, -0.25) is 0 Å². The number of benzene rings is 2. The maximum Gasteiger partial charge on any atom is 0.0998 e. The van der Waals surface area contributed by atoms with Crippen molar-refractivity contribution in [2.75, 3.05) is 31.6 Å². The number of piperidine rings is 1. The van der Waals surface area contributed by atoms with Crippen molar-refractivity contribution in [1.82, 2.24) is 5.32 Å². The van der Waals surface area contributed by atoms with E-state index >= 15 is 0 Å².